The van der Waals surface area contributed by atoms with Gasteiger partial charge in [0.25, 0.3) is 0 Å². The van der Waals surface area contributed by atoms with Gasteiger partial charge in [-0.05, 0) is 30.2 Å². The molecule has 0 aliphatic heterocycles. The number of para-hydroxylation sites is 3. The maximum absolute atomic E-state index is 12.4. The molecule has 0 unspecified atom stereocenters. The van der Waals surface area contributed by atoms with Crippen LogP contribution in [-0.4, -0.2) is 34.2 Å². The Morgan fingerprint density at radius 3 is 2.40 bits per heavy atom. The van der Waals surface area contributed by atoms with Crippen molar-refractivity contribution in [2.24, 2.45) is 0 Å². The quantitative estimate of drug-likeness (QED) is 0.822. The van der Waals surface area contributed by atoms with Gasteiger partial charge in [0.1, 0.15) is 12.3 Å². The Hall–Kier alpha value is -2.54. The first-order valence-electron chi connectivity index (χ1n) is 7.85. The zero-order valence-electron chi connectivity index (χ0n) is 14.5. The van der Waals surface area contributed by atoms with Gasteiger partial charge >= 0.3 is 0 Å². The second-order valence-electron chi connectivity index (χ2n) is 5.50. The van der Waals surface area contributed by atoms with Crippen molar-refractivity contribution in [2.75, 3.05) is 29.5 Å². The van der Waals surface area contributed by atoms with Crippen LogP contribution in [0, 0.1) is 0 Å². The summed E-state index contributed by atoms with van der Waals surface area (Å²) >= 11 is 0. The van der Waals surface area contributed by atoms with Crippen molar-refractivity contribution in [1.82, 2.24) is 0 Å². The highest BCUT2D eigenvalue weighted by molar-refractivity contribution is 7.92. The highest BCUT2D eigenvalue weighted by Crippen LogP contribution is 2.25. The Morgan fingerprint density at radius 2 is 1.76 bits per heavy atom. The summed E-state index contributed by atoms with van der Waals surface area (Å²) in [6, 6.07) is 14.1. The molecule has 0 saturated carbocycles. The summed E-state index contributed by atoms with van der Waals surface area (Å²) in [7, 11) is -2.11. The largest absolute Gasteiger partial charge is 0.495 e. The van der Waals surface area contributed by atoms with Crippen LogP contribution in [0.15, 0.2) is 48.5 Å². The van der Waals surface area contributed by atoms with Crippen molar-refractivity contribution < 1.29 is 17.9 Å². The van der Waals surface area contributed by atoms with E-state index in [0.717, 1.165) is 16.1 Å². The third-order valence-corrected chi connectivity index (χ3v) is 4.84. The molecule has 0 aliphatic rings. The number of methoxy groups -OCH3 is 1. The third-order valence-electron chi connectivity index (χ3n) is 3.71. The first-order chi connectivity index (χ1) is 11.9. The van der Waals surface area contributed by atoms with Gasteiger partial charge in [0, 0.05) is 0 Å². The van der Waals surface area contributed by atoms with E-state index in [-0.39, 0.29) is 6.54 Å². The predicted octanol–water partition coefficient (Wildman–Crippen LogP) is 2.66. The van der Waals surface area contributed by atoms with Crippen LogP contribution in [0.3, 0.4) is 0 Å². The van der Waals surface area contributed by atoms with Crippen LogP contribution in [0.1, 0.15) is 12.5 Å². The van der Waals surface area contributed by atoms with Gasteiger partial charge in [-0.15, -0.1) is 0 Å². The molecule has 1 N–H and O–H groups in total. The zero-order chi connectivity index (χ0) is 18.4. The SMILES string of the molecule is CCc1ccccc1N(CC(=O)Nc1ccccc1OC)S(C)(=O)=O. The highest BCUT2D eigenvalue weighted by Gasteiger charge is 2.23. The zero-order valence-corrected chi connectivity index (χ0v) is 15.3. The second kappa shape index (κ2) is 8.02. The molecule has 0 heterocycles. The van der Waals surface area contributed by atoms with E-state index in [9.17, 15) is 13.2 Å². The molecule has 2 aromatic rings. The van der Waals surface area contributed by atoms with Gasteiger partial charge in [0.15, 0.2) is 0 Å². The number of carbonyl (C=O) groups is 1. The molecular formula is C18H22N2O4S. The van der Waals surface area contributed by atoms with Crippen LogP contribution in [-0.2, 0) is 21.2 Å². The number of nitrogens with zero attached hydrogens (tertiary/aromatic N) is 1. The number of carbonyl (C=O) groups excluding carboxylic acids is 1. The molecule has 7 heteroatoms. The molecular weight excluding hydrogens is 340 g/mol. The van der Waals surface area contributed by atoms with Crippen molar-refractivity contribution in [3.63, 3.8) is 0 Å². The van der Waals surface area contributed by atoms with Crippen LogP contribution in [0.5, 0.6) is 5.75 Å². The van der Waals surface area contributed by atoms with Gasteiger partial charge in [-0.25, -0.2) is 8.42 Å². The van der Waals surface area contributed by atoms with Crippen LogP contribution in [0.2, 0.25) is 0 Å². The molecule has 1 amide bonds. The number of benzene rings is 2. The number of hydrogen-bond acceptors (Lipinski definition) is 4. The molecule has 0 saturated heterocycles. The molecule has 2 aromatic carbocycles. The lowest BCUT2D eigenvalue weighted by Gasteiger charge is -2.24. The number of sulfonamides is 1. The number of hydrogen-bond donors (Lipinski definition) is 1. The first kappa shape index (κ1) is 18.8. The first-order valence-corrected chi connectivity index (χ1v) is 9.70. The maximum atomic E-state index is 12.4. The summed E-state index contributed by atoms with van der Waals surface area (Å²) in [5, 5.41) is 2.70. The Bertz CT molecular complexity index is 850. The molecule has 0 fully saturated rings. The molecule has 25 heavy (non-hydrogen) atoms. The van der Waals surface area contributed by atoms with Crippen LogP contribution < -0.4 is 14.4 Å². The van der Waals surface area contributed by atoms with E-state index in [0.29, 0.717) is 23.5 Å². The van der Waals surface area contributed by atoms with E-state index >= 15 is 0 Å². The number of aryl methyl sites for hydroxylation is 1. The fraction of sp³-hybridized carbons (Fsp3) is 0.278. The molecule has 2 rings (SSSR count). The monoisotopic (exact) mass is 362 g/mol. The van der Waals surface area contributed by atoms with Crippen LogP contribution in [0.25, 0.3) is 0 Å². The fourth-order valence-electron chi connectivity index (χ4n) is 2.50. The van der Waals surface area contributed by atoms with E-state index in [1.165, 1.54) is 7.11 Å². The minimum atomic E-state index is -3.61. The molecule has 134 valence electrons. The van der Waals surface area contributed by atoms with Crippen molar-refractivity contribution in [2.45, 2.75) is 13.3 Å². The standard InChI is InChI=1S/C18H22N2O4S/c1-4-14-9-5-7-11-16(14)20(25(3,22)23)13-18(21)19-15-10-6-8-12-17(15)24-2/h5-12H,4,13H2,1-3H3,(H,19,21). The van der Waals surface area contributed by atoms with E-state index in [1.807, 2.05) is 19.1 Å². The van der Waals surface area contributed by atoms with Gasteiger partial charge in [0.05, 0.1) is 24.7 Å². The maximum Gasteiger partial charge on any atom is 0.245 e. The number of rotatable bonds is 7. The Labute approximate surface area is 148 Å². The minimum Gasteiger partial charge on any atom is -0.495 e. The van der Waals surface area contributed by atoms with E-state index < -0.39 is 15.9 Å². The predicted molar refractivity (Wildman–Crippen MR) is 99.6 cm³/mol. The average molecular weight is 362 g/mol. The lowest BCUT2D eigenvalue weighted by atomic mass is 10.1. The molecule has 0 aromatic heterocycles. The Kier molecular flexibility index (Phi) is 6.03. The minimum absolute atomic E-state index is 0.312. The van der Waals surface area contributed by atoms with Gasteiger partial charge in [0.2, 0.25) is 15.9 Å². The number of nitrogens with one attached hydrogen (secondary N) is 1. The molecule has 0 spiro atoms. The Morgan fingerprint density at radius 1 is 1.12 bits per heavy atom. The molecule has 0 atom stereocenters. The van der Waals surface area contributed by atoms with Crippen molar-refractivity contribution in [3.8, 4) is 5.75 Å². The van der Waals surface area contributed by atoms with Crippen molar-refractivity contribution >= 4 is 27.3 Å². The molecule has 0 aliphatic carbocycles. The number of ether oxygens (including phenoxy) is 1. The summed E-state index contributed by atoms with van der Waals surface area (Å²) in [4.78, 5) is 12.4. The lowest BCUT2D eigenvalue weighted by molar-refractivity contribution is -0.114. The summed E-state index contributed by atoms with van der Waals surface area (Å²) in [5.74, 6) is 0.0662. The number of anilines is 2. The van der Waals surface area contributed by atoms with Crippen LogP contribution in [0.4, 0.5) is 11.4 Å². The van der Waals surface area contributed by atoms with Crippen LogP contribution >= 0.6 is 0 Å². The summed E-state index contributed by atoms with van der Waals surface area (Å²) in [6.07, 6.45) is 1.76. The average Bonchev–Trinajstić information content (AvgIpc) is 2.59. The molecule has 0 bridgehead atoms. The highest BCUT2D eigenvalue weighted by atomic mass is 32.2. The van der Waals surface area contributed by atoms with E-state index in [4.69, 9.17) is 4.74 Å². The van der Waals surface area contributed by atoms with Gasteiger partial charge in [-0.2, -0.15) is 0 Å². The van der Waals surface area contributed by atoms with Gasteiger partial charge in [-0.1, -0.05) is 37.3 Å². The summed E-state index contributed by atoms with van der Waals surface area (Å²) in [5.41, 5.74) is 1.87. The lowest BCUT2D eigenvalue weighted by Crippen LogP contribution is -2.38. The molecule has 6 nitrogen and oxygen atoms in total. The van der Waals surface area contributed by atoms with Crippen molar-refractivity contribution in [3.05, 3.63) is 54.1 Å². The normalized spacial score (nSPS) is 11.0. The topological polar surface area (TPSA) is 75.7 Å². The molecule has 0 radical (unpaired) electrons. The number of amides is 1. The third kappa shape index (κ3) is 4.73. The van der Waals surface area contributed by atoms with Crippen molar-refractivity contribution in [1.29, 1.82) is 0 Å². The summed E-state index contributed by atoms with van der Waals surface area (Å²) in [6.45, 7) is 1.63. The Balaban J connectivity index is 2.28. The fourth-order valence-corrected chi connectivity index (χ4v) is 3.39. The second-order valence-corrected chi connectivity index (χ2v) is 7.41. The van der Waals surface area contributed by atoms with Gasteiger partial charge in [-0.3, -0.25) is 9.10 Å². The van der Waals surface area contributed by atoms with Gasteiger partial charge < -0.3 is 10.1 Å². The summed E-state index contributed by atoms with van der Waals surface area (Å²) < 4.78 is 30.8. The smallest absolute Gasteiger partial charge is 0.245 e. The van der Waals surface area contributed by atoms with E-state index in [2.05, 4.69) is 5.32 Å². The van der Waals surface area contributed by atoms with E-state index in [1.54, 1.807) is 36.4 Å².